The minimum absolute atomic E-state index is 0.0266. The molecule has 0 spiro atoms. The fourth-order valence-corrected chi connectivity index (χ4v) is 1.98. The highest BCUT2D eigenvalue weighted by molar-refractivity contribution is 5.98. The first-order chi connectivity index (χ1) is 7.22. The van der Waals surface area contributed by atoms with Gasteiger partial charge in [-0.05, 0) is 12.3 Å². The molecule has 0 unspecified atom stereocenters. The van der Waals surface area contributed by atoms with Crippen molar-refractivity contribution in [1.29, 1.82) is 0 Å². The van der Waals surface area contributed by atoms with E-state index in [1.54, 1.807) is 0 Å². The van der Waals surface area contributed by atoms with Crippen molar-refractivity contribution in [3.8, 4) is 0 Å². The Balaban J connectivity index is 2.06. The van der Waals surface area contributed by atoms with Crippen LogP contribution < -0.4 is 11.1 Å². The van der Waals surface area contributed by atoms with Crippen LogP contribution >= 0.6 is 0 Å². The van der Waals surface area contributed by atoms with Gasteiger partial charge in [0.2, 0.25) is 5.91 Å². The lowest BCUT2D eigenvalue weighted by molar-refractivity contribution is -0.119. The zero-order valence-electron chi connectivity index (χ0n) is 8.91. The molecule has 0 saturated heterocycles. The fraction of sp³-hybridized carbons (Fsp3) is 0.800. The normalized spacial score (nSPS) is 18.0. The number of nitrogens with zero attached hydrogens (tertiary/aromatic N) is 1. The summed E-state index contributed by atoms with van der Waals surface area (Å²) in [4.78, 5) is 11.2. The Morgan fingerprint density at radius 3 is 2.73 bits per heavy atom. The van der Waals surface area contributed by atoms with E-state index in [9.17, 15) is 4.79 Å². The second-order valence-electron chi connectivity index (χ2n) is 4.06. The van der Waals surface area contributed by atoms with E-state index in [0.717, 1.165) is 12.3 Å². The number of carbonyl (C=O) groups excluding carboxylic acids is 1. The third-order valence-corrected chi connectivity index (χ3v) is 2.82. The van der Waals surface area contributed by atoms with Gasteiger partial charge in [-0.1, -0.05) is 30.8 Å². The summed E-state index contributed by atoms with van der Waals surface area (Å²) in [6.45, 7) is 0.697. The zero-order valence-corrected chi connectivity index (χ0v) is 8.91. The number of oxime groups is 1. The summed E-state index contributed by atoms with van der Waals surface area (Å²) in [6.07, 6.45) is 6.24. The minimum atomic E-state index is -0.178. The molecule has 1 amide bonds. The van der Waals surface area contributed by atoms with E-state index < -0.39 is 0 Å². The molecule has 0 heterocycles. The van der Waals surface area contributed by atoms with Gasteiger partial charge < -0.3 is 16.3 Å². The van der Waals surface area contributed by atoms with Gasteiger partial charge in [-0.2, -0.15) is 0 Å². The first-order valence-electron chi connectivity index (χ1n) is 5.45. The first-order valence-corrected chi connectivity index (χ1v) is 5.45. The Morgan fingerprint density at radius 2 is 2.13 bits per heavy atom. The summed E-state index contributed by atoms with van der Waals surface area (Å²) in [5.74, 6) is 0.547. The molecule has 1 aliphatic rings. The Hall–Kier alpha value is -1.26. The van der Waals surface area contributed by atoms with E-state index in [-0.39, 0.29) is 18.2 Å². The zero-order chi connectivity index (χ0) is 11.1. The van der Waals surface area contributed by atoms with Gasteiger partial charge in [-0.15, -0.1) is 0 Å². The monoisotopic (exact) mass is 213 g/mol. The van der Waals surface area contributed by atoms with Gasteiger partial charge in [0.15, 0.2) is 0 Å². The molecular formula is C10H19N3O2. The highest BCUT2D eigenvalue weighted by atomic mass is 16.4. The Bertz CT molecular complexity index is 235. The summed E-state index contributed by atoms with van der Waals surface area (Å²) in [6, 6.07) is 0. The molecular weight excluding hydrogens is 194 g/mol. The van der Waals surface area contributed by atoms with Crippen molar-refractivity contribution in [3.05, 3.63) is 0 Å². The summed E-state index contributed by atoms with van der Waals surface area (Å²) in [5, 5.41) is 13.8. The standard InChI is InChI=1S/C10H19N3O2/c11-9(13-15)7-10(14)12-6-5-8-3-1-2-4-8/h8,15H,1-7H2,(H2,11,13)(H,12,14). The van der Waals surface area contributed by atoms with E-state index >= 15 is 0 Å². The number of nitrogens with two attached hydrogens (primary N) is 1. The van der Waals surface area contributed by atoms with Crippen molar-refractivity contribution >= 4 is 11.7 Å². The second-order valence-corrected chi connectivity index (χ2v) is 4.06. The van der Waals surface area contributed by atoms with Crippen molar-refractivity contribution < 1.29 is 10.0 Å². The number of rotatable bonds is 5. The van der Waals surface area contributed by atoms with Crippen molar-refractivity contribution in [1.82, 2.24) is 5.32 Å². The SMILES string of the molecule is NC(CC(=O)NCCC1CCCC1)=NO. The van der Waals surface area contributed by atoms with Crippen LogP contribution in [0.3, 0.4) is 0 Å². The van der Waals surface area contributed by atoms with Gasteiger partial charge in [0.1, 0.15) is 5.84 Å². The lowest BCUT2D eigenvalue weighted by Crippen LogP contribution is -2.30. The number of amidine groups is 1. The summed E-state index contributed by atoms with van der Waals surface area (Å²) in [7, 11) is 0. The van der Waals surface area contributed by atoms with Crippen LogP contribution in [0.4, 0.5) is 0 Å². The minimum Gasteiger partial charge on any atom is -0.409 e. The molecule has 0 aromatic carbocycles. The van der Waals surface area contributed by atoms with Crippen LogP contribution in [0.25, 0.3) is 0 Å². The lowest BCUT2D eigenvalue weighted by Gasteiger charge is -2.09. The maximum absolute atomic E-state index is 11.2. The predicted octanol–water partition coefficient (Wildman–Crippen LogP) is 0.819. The number of nitrogens with one attached hydrogen (secondary N) is 1. The number of carbonyl (C=O) groups is 1. The maximum atomic E-state index is 11.2. The molecule has 4 N–H and O–H groups in total. The van der Waals surface area contributed by atoms with Crippen molar-refractivity contribution in [2.75, 3.05) is 6.54 Å². The Kier molecular flexibility index (Phi) is 4.93. The van der Waals surface area contributed by atoms with Crippen LogP contribution in [0.5, 0.6) is 0 Å². The van der Waals surface area contributed by atoms with Gasteiger partial charge in [-0.25, -0.2) is 0 Å². The second kappa shape index (κ2) is 6.27. The molecule has 1 aliphatic carbocycles. The van der Waals surface area contributed by atoms with Gasteiger partial charge in [0, 0.05) is 6.54 Å². The first kappa shape index (κ1) is 11.8. The number of amides is 1. The van der Waals surface area contributed by atoms with Crippen molar-refractivity contribution in [2.24, 2.45) is 16.8 Å². The van der Waals surface area contributed by atoms with E-state index in [0.29, 0.717) is 6.54 Å². The van der Waals surface area contributed by atoms with Crippen LogP contribution in [-0.2, 0) is 4.79 Å². The van der Waals surface area contributed by atoms with E-state index in [4.69, 9.17) is 10.9 Å². The quantitative estimate of drug-likeness (QED) is 0.273. The Morgan fingerprint density at radius 1 is 1.47 bits per heavy atom. The molecule has 0 bridgehead atoms. The van der Waals surface area contributed by atoms with E-state index in [1.165, 1.54) is 25.7 Å². The molecule has 1 saturated carbocycles. The smallest absolute Gasteiger partial charge is 0.227 e. The molecule has 86 valence electrons. The van der Waals surface area contributed by atoms with Crippen LogP contribution in [0.15, 0.2) is 5.16 Å². The fourth-order valence-electron chi connectivity index (χ4n) is 1.98. The molecule has 5 heteroatoms. The molecule has 0 aromatic heterocycles. The highest BCUT2D eigenvalue weighted by Gasteiger charge is 2.14. The largest absolute Gasteiger partial charge is 0.409 e. The molecule has 0 atom stereocenters. The molecule has 5 nitrogen and oxygen atoms in total. The van der Waals surface area contributed by atoms with E-state index in [2.05, 4.69) is 10.5 Å². The van der Waals surface area contributed by atoms with Gasteiger partial charge in [0.25, 0.3) is 0 Å². The predicted molar refractivity (Wildman–Crippen MR) is 57.6 cm³/mol. The number of hydrogen-bond acceptors (Lipinski definition) is 3. The summed E-state index contributed by atoms with van der Waals surface area (Å²) in [5.41, 5.74) is 5.21. The highest BCUT2D eigenvalue weighted by Crippen LogP contribution is 2.26. The number of hydrogen-bond donors (Lipinski definition) is 3. The van der Waals surface area contributed by atoms with Crippen LogP contribution in [-0.4, -0.2) is 23.5 Å². The van der Waals surface area contributed by atoms with Crippen molar-refractivity contribution in [2.45, 2.75) is 38.5 Å². The summed E-state index contributed by atoms with van der Waals surface area (Å²) >= 11 is 0. The van der Waals surface area contributed by atoms with E-state index in [1.807, 2.05) is 0 Å². The lowest BCUT2D eigenvalue weighted by atomic mass is 10.0. The topological polar surface area (TPSA) is 87.7 Å². The van der Waals surface area contributed by atoms with Crippen LogP contribution in [0.1, 0.15) is 38.5 Å². The maximum Gasteiger partial charge on any atom is 0.227 e. The molecule has 15 heavy (non-hydrogen) atoms. The van der Waals surface area contributed by atoms with Crippen LogP contribution in [0, 0.1) is 5.92 Å². The third kappa shape index (κ3) is 4.67. The average Bonchev–Trinajstić information content (AvgIpc) is 2.70. The van der Waals surface area contributed by atoms with Crippen LogP contribution in [0.2, 0.25) is 0 Å². The molecule has 0 aliphatic heterocycles. The van der Waals surface area contributed by atoms with Gasteiger partial charge in [0.05, 0.1) is 6.42 Å². The molecule has 0 radical (unpaired) electrons. The molecule has 1 fully saturated rings. The van der Waals surface area contributed by atoms with Gasteiger partial charge in [-0.3, -0.25) is 4.79 Å². The molecule has 0 aromatic rings. The third-order valence-electron chi connectivity index (χ3n) is 2.82. The average molecular weight is 213 g/mol. The van der Waals surface area contributed by atoms with Gasteiger partial charge >= 0.3 is 0 Å². The Labute approximate surface area is 89.7 Å². The summed E-state index contributed by atoms with van der Waals surface area (Å²) < 4.78 is 0. The molecule has 1 rings (SSSR count). The van der Waals surface area contributed by atoms with Crippen molar-refractivity contribution in [3.63, 3.8) is 0 Å².